The van der Waals surface area contributed by atoms with Crippen molar-refractivity contribution in [2.45, 2.75) is 59.0 Å². The molecule has 2 N–H and O–H groups in total. The molecule has 1 aliphatic heterocycles. The maximum Gasteiger partial charge on any atom is 0.318 e. The fraction of sp³-hybridized carbons (Fsp3) is 0.625. The van der Waals surface area contributed by atoms with Crippen molar-refractivity contribution in [3.63, 3.8) is 0 Å². The summed E-state index contributed by atoms with van der Waals surface area (Å²) in [7, 11) is 0. The van der Waals surface area contributed by atoms with Crippen LogP contribution in [0.1, 0.15) is 60.4 Å². The lowest BCUT2D eigenvalue weighted by Gasteiger charge is -2.30. The third-order valence-electron chi connectivity index (χ3n) is 4.49. The quantitative estimate of drug-likeness (QED) is 0.899. The number of carbonyl (C=O) groups excluding carboxylic acids is 1. The van der Waals surface area contributed by atoms with Crippen molar-refractivity contribution >= 4 is 6.03 Å². The van der Waals surface area contributed by atoms with Crippen molar-refractivity contribution in [2.24, 2.45) is 0 Å². The van der Waals surface area contributed by atoms with Crippen molar-refractivity contribution in [3.8, 4) is 0 Å². The molecule has 130 valence electrons. The monoisotopic (exact) mass is 332 g/mol. The molecule has 8 nitrogen and oxygen atoms in total. The van der Waals surface area contributed by atoms with E-state index in [0.717, 1.165) is 49.2 Å². The number of nitrogens with one attached hydrogen (secondary N) is 2. The fourth-order valence-corrected chi connectivity index (χ4v) is 3.37. The molecule has 0 spiro atoms. The fourth-order valence-electron chi connectivity index (χ4n) is 3.37. The topological polar surface area (TPSA) is 99.9 Å². The van der Waals surface area contributed by atoms with Crippen LogP contribution in [0.3, 0.4) is 0 Å². The Kier molecular flexibility index (Phi) is 4.82. The molecule has 1 atom stereocenters. The first-order valence-corrected chi connectivity index (χ1v) is 8.41. The molecule has 24 heavy (non-hydrogen) atoms. The van der Waals surface area contributed by atoms with Crippen LogP contribution in [0, 0.1) is 20.8 Å². The number of H-pyrrole nitrogens is 1. The first kappa shape index (κ1) is 16.5. The molecule has 2 aromatic heterocycles. The van der Waals surface area contributed by atoms with Gasteiger partial charge in [0.1, 0.15) is 0 Å². The van der Waals surface area contributed by atoms with Crippen LogP contribution in [0.25, 0.3) is 0 Å². The van der Waals surface area contributed by atoms with Crippen molar-refractivity contribution in [2.75, 3.05) is 6.54 Å². The van der Waals surface area contributed by atoms with Crippen LogP contribution >= 0.6 is 0 Å². The first-order valence-electron chi connectivity index (χ1n) is 8.41. The molecule has 0 bridgehead atoms. The predicted molar refractivity (Wildman–Crippen MR) is 87.2 cm³/mol. The van der Waals surface area contributed by atoms with Gasteiger partial charge in [0.2, 0.25) is 5.89 Å². The van der Waals surface area contributed by atoms with Gasteiger partial charge in [-0.3, -0.25) is 5.10 Å². The van der Waals surface area contributed by atoms with Crippen LogP contribution in [-0.4, -0.2) is 37.8 Å². The van der Waals surface area contributed by atoms with Crippen LogP contribution in [0.15, 0.2) is 4.52 Å². The number of nitrogens with zero attached hydrogens (tertiary/aromatic N) is 4. The molecule has 3 heterocycles. The van der Waals surface area contributed by atoms with Gasteiger partial charge in [0.05, 0.1) is 18.3 Å². The lowest BCUT2D eigenvalue weighted by molar-refractivity contribution is 0.173. The molecule has 0 aromatic carbocycles. The molecule has 3 rings (SSSR count). The number of urea groups is 1. The number of aryl methyl sites for hydroxylation is 3. The van der Waals surface area contributed by atoms with Gasteiger partial charge < -0.3 is 14.7 Å². The Balaban J connectivity index is 1.75. The molecule has 0 aliphatic carbocycles. The number of amides is 2. The number of hydrogen-bond acceptors (Lipinski definition) is 5. The molecule has 1 aliphatic rings. The molecule has 2 aromatic rings. The Morgan fingerprint density at radius 2 is 2.17 bits per heavy atom. The number of aromatic amines is 1. The molecule has 0 unspecified atom stereocenters. The maximum absolute atomic E-state index is 12.8. The second-order valence-corrected chi connectivity index (χ2v) is 6.30. The largest absolute Gasteiger partial charge is 0.337 e. The van der Waals surface area contributed by atoms with Crippen LogP contribution < -0.4 is 5.32 Å². The zero-order valence-electron chi connectivity index (χ0n) is 14.4. The highest BCUT2D eigenvalue weighted by Gasteiger charge is 2.30. The van der Waals surface area contributed by atoms with Gasteiger partial charge in [-0.2, -0.15) is 10.1 Å². The number of hydrogen-bond donors (Lipinski definition) is 2. The van der Waals surface area contributed by atoms with Crippen molar-refractivity contribution in [1.29, 1.82) is 0 Å². The van der Waals surface area contributed by atoms with E-state index in [0.29, 0.717) is 11.7 Å². The highest BCUT2D eigenvalue weighted by Crippen LogP contribution is 2.33. The van der Waals surface area contributed by atoms with E-state index >= 15 is 0 Å². The Bertz CT molecular complexity index is 688. The summed E-state index contributed by atoms with van der Waals surface area (Å²) in [4.78, 5) is 18.8. The number of carbonyl (C=O) groups is 1. The summed E-state index contributed by atoms with van der Waals surface area (Å²) in [6.07, 6.45) is 4.22. The summed E-state index contributed by atoms with van der Waals surface area (Å²) in [5, 5.41) is 14.0. The normalized spacial score (nSPS) is 18.5. The summed E-state index contributed by atoms with van der Waals surface area (Å²) in [6.45, 7) is 6.73. The highest BCUT2D eigenvalue weighted by molar-refractivity contribution is 5.74. The second kappa shape index (κ2) is 7.02. The third-order valence-corrected chi connectivity index (χ3v) is 4.49. The number of aromatic nitrogens is 4. The molecule has 2 amide bonds. The van der Waals surface area contributed by atoms with Crippen molar-refractivity contribution in [3.05, 3.63) is 28.7 Å². The SMILES string of the molecule is Cc1noc(CNC(=O)N2CCCCC[C@H]2c2c(C)n[nH]c2C)n1. The summed E-state index contributed by atoms with van der Waals surface area (Å²) in [5.74, 6) is 0.986. The van der Waals surface area contributed by atoms with Crippen molar-refractivity contribution < 1.29 is 9.32 Å². The van der Waals surface area contributed by atoms with E-state index in [2.05, 4.69) is 25.7 Å². The zero-order valence-corrected chi connectivity index (χ0v) is 14.4. The van der Waals surface area contributed by atoms with E-state index in [9.17, 15) is 4.79 Å². The van der Waals surface area contributed by atoms with Gasteiger partial charge in [-0.05, 0) is 33.6 Å². The van der Waals surface area contributed by atoms with E-state index in [1.807, 2.05) is 18.7 Å². The molecular weight excluding hydrogens is 308 g/mol. The van der Waals surface area contributed by atoms with Gasteiger partial charge >= 0.3 is 6.03 Å². The van der Waals surface area contributed by atoms with Gasteiger partial charge in [0, 0.05) is 17.8 Å². The standard InChI is InChI=1S/C16H24N6O2/c1-10-15(11(2)20-19-10)13-7-5-4-6-8-22(13)16(23)17-9-14-18-12(3)21-24-14/h13H,4-9H2,1-3H3,(H,17,23)(H,19,20)/t13-/m0/s1. The van der Waals surface area contributed by atoms with Gasteiger partial charge in [-0.15, -0.1) is 0 Å². The number of rotatable bonds is 3. The Labute approximate surface area is 141 Å². The summed E-state index contributed by atoms with van der Waals surface area (Å²) < 4.78 is 5.05. The van der Waals surface area contributed by atoms with Crippen LogP contribution in [-0.2, 0) is 6.54 Å². The maximum atomic E-state index is 12.8. The zero-order chi connectivity index (χ0) is 17.1. The van der Waals surface area contributed by atoms with Gasteiger partial charge in [-0.1, -0.05) is 18.0 Å². The summed E-state index contributed by atoms with van der Waals surface area (Å²) in [6, 6.07) is -0.0478. The van der Waals surface area contributed by atoms with Crippen molar-refractivity contribution in [1.82, 2.24) is 30.6 Å². The van der Waals surface area contributed by atoms with Crippen LogP contribution in [0.5, 0.6) is 0 Å². The molecule has 0 saturated carbocycles. The molecule has 1 fully saturated rings. The van der Waals surface area contributed by atoms with E-state index in [1.54, 1.807) is 6.92 Å². The Hall–Kier alpha value is -2.38. The minimum absolute atomic E-state index is 0.0515. The van der Waals surface area contributed by atoms with Crippen LogP contribution in [0.2, 0.25) is 0 Å². The smallest absolute Gasteiger partial charge is 0.318 e. The van der Waals surface area contributed by atoms with E-state index in [4.69, 9.17) is 4.52 Å². The average Bonchev–Trinajstić information content (AvgIpc) is 3.02. The molecule has 0 radical (unpaired) electrons. The van der Waals surface area contributed by atoms with E-state index in [-0.39, 0.29) is 18.6 Å². The first-order chi connectivity index (χ1) is 11.6. The number of likely N-dealkylation sites (tertiary alicyclic amines) is 1. The minimum Gasteiger partial charge on any atom is -0.337 e. The second-order valence-electron chi connectivity index (χ2n) is 6.30. The third kappa shape index (κ3) is 3.42. The Morgan fingerprint density at radius 3 is 2.83 bits per heavy atom. The molecule has 8 heteroatoms. The van der Waals surface area contributed by atoms with E-state index in [1.165, 1.54) is 0 Å². The lowest BCUT2D eigenvalue weighted by atomic mass is 9.99. The minimum atomic E-state index is -0.0993. The van der Waals surface area contributed by atoms with E-state index < -0.39 is 0 Å². The van der Waals surface area contributed by atoms with Gasteiger partial charge in [-0.25, -0.2) is 4.79 Å². The molecular formula is C16H24N6O2. The lowest BCUT2D eigenvalue weighted by Crippen LogP contribution is -2.42. The van der Waals surface area contributed by atoms with Crippen LogP contribution in [0.4, 0.5) is 4.79 Å². The summed E-state index contributed by atoms with van der Waals surface area (Å²) >= 11 is 0. The Morgan fingerprint density at radius 1 is 1.33 bits per heavy atom. The summed E-state index contributed by atoms with van der Waals surface area (Å²) in [5.41, 5.74) is 3.13. The average molecular weight is 332 g/mol. The van der Waals surface area contributed by atoms with Gasteiger partial charge in [0.15, 0.2) is 5.82 Å². The molecule has 1 saturated heterocycles. The van der Waals surface area contributed by atoms with Gasteiger partial charge in [0.25, 0.3) is 0 Å². The predicted octanol–water partition coefficient (Wildman–Crippen LogP) is 2.54. The highest BCUT2D eigenvalue weighted by atomic mass is 16.5.